The number of imidazole rings is 1. The van der Waals surface area contributed by atoms with Gasteiger partial charge in [-0.3, -0.25) is 4.79 Å². The molecule has 4 rings (SSSR count). The molecule has 0 spiro atoms. The van der Waals surface area contributed by atoms with Crippen molar-refractivity contribution in [3.05, 3.63) is 48.2 Å². The summed E-state index contributed by atoms with van der Waals surface area (Å²) < 4.78 is 1.85. The van der Waals surface area contributed by atoms with Crippen LogP contribution in [0.3, 0.4) is 0 Å². The highest BCUT2D eigenvalue weighted by molar-refractivity contribution is 5.94. The van der Waals surface area contributed by atoms with Gasteiger partial charge in [-0.2, -0.15) is 0 Å². The molecule has 0 radical (unpaired) electrons. The van der Waals surface area contributed by atoms with Crippen molar-refractivity contribution in [3.8, 4) is 11.3 Å². The van der Waals surface area contributed by atoms with Crippen molar-refractivity contribution in [1.82, 2.24) is 24.8 Å². The molecule has 1 atom stereocenters. The lowest BCUT2D eigenvalue weighted by Gasteiger charge is -2.19. The van der Waals surface area contributed by atoms with Crippen LogP contribution in [-0.2, 0) is 0 Å². The minimum Gasteiger partial charge on any atom is -0.369 e. The van der Waals surface area contributed by atoms with Crippen molar-refractivity contribution in [2.24, 2.45) is 0 Å². The number of amides is 1. The predicted octanol–water partition coefficient (Wildman–Crippen LogP) is 3.43. The number of carbonyl (C=O) groups is 1. The molecule has 1 fully saturated rings. The number of rotatable bonds is 8. The fourth-order valence-electron chi connectivity index (χ4n) is 3.90. The highest BCUT2D eigenvalue weighted by atomic mass is 16.1. The number of hydrogen-bond acceptors (Lipinski definition) is 5. The summed E-state index contributed by atoms with van der Waals surface area (Å²) >= 11 is 0. The van der Waals surface area contributed by atoms with Gasteiger partial charge in [-0.15, -0.1) is 5.10 Å². The third-order valence-electron chi connectivity index (χ3n) is 5.81. The third-order valence-corrected chi connectivity index (χ3v) is 5.81. The summed E-state index contributed by atoms with van der Waals surface area (Å²) in [5, 5.41) is 11.1. The summed E-state index contributed by atoms with van der Waals surface area (Å²) in [6, 6.07) is 12.0. The number of likely N-dealkylation sites (tertiary alicyclic amines) is 1. The van der Waals surface area contributed by atoms with Crippen molar-refractivity contribution in [1.29, 1.82) is 0 Å². The Bertz CT molecular complexity index is 997. The Kier molecular flexibility index (Phi) is 6.28. The molecule has 3 heterocycles. The van der Waals surface area contributed by atoms with E-state index in [9.17, 15) is 4.79 Å². The highest BCUT2D eigenvalue weighted by Gasteiger charge is 2.21. The quantitative estimate of drug-likeness (QED) is 0.561. The predicted molar refractivity (Wildman–Crippen MR) is 120 cm³/mol. The van der Waals surface area contributed by atoms with Gasteiger partial charge >= 0.3 is 0 Å². The van der Waals surface area contributed by atoms with Crippen molar-refractivity contribution in [2.45, 2.75) is 38.6 Å². The first-order valence-electron chi connectivity index (χ1n) is 10.8. The third kappa shape index (κ3) is 4.46. The van der Waals surface area contributed by atoms with Crippen LogP contribution in [0.15, 0.2) is 42.6 Å². The summed E-state index contributed by atoms with van der Waals surface area (Å²) in [5.74, 6) is 0.809. The average Bonchev–Trinajstić information content (AvgIpc) is 3.38. The van der Waals surface area contributed by atoms with E-state index in [4.69, 9.17) is 0 Å². The first-order chi connectivity index (χ1) is 14.7. The first-order valence-corrected chi connectivity index (χ1v) is 10.8. The molecular formula is C23H30N6O. The number of nitrogens with one attached hydrogen (secondary N) is 2. The molecular weight excluding hydrogens is 376 g/mol. The van der Waals surface area contributed by atoms with Gasteiger partial charge in [-0.05, 0) is 57.1 Å². The lowest BCUT2D eigenvalue weighted by atomic mass is 10.1. The minimum absolute atomic E-state index is 0.0273. The molecule has 0 bridgehead atoms. The van der Waals surface area contributed by atoms with Crippen LogP contribution in [0.4, 0.5) is 5.82 Å². The highest BCUT2D eigenvalue weighted by Crippen LogP contribution is 2.22. The van der Waals surface area contributed by atoms with Gasteiger partial charge in [0.2, 0.25) is 0 Å². The van der Waals surface area contributed by atoms with Gasteiger partial charge in [0.15, 0.2) is 5.65 Å². The van der Waals surface area contributed by atoms with E-state index in [1.54, 1.807) is 0 Å². The Morgan fingerprint density at radius 1 is 1.20 bits per heavy atom. The summed E-state index contributed by atoms with van der Waals surface area (Å²) in [7, 11) is 2.12. The smallest absolute Gasteiger partial charge is 0.251 e. The monoisotopic (exact) mass is 406 g/mol. The molecule has 1 aliphatic heterocycles. The molecule has 3 aromatic rings. The molecule has 30 heavy (non-hydrogen) atoms. The van der Waals surface area contributed by atoms with Gasteiger partial charge in [-0.1, -0.05) is 25.5 Å². The van der Waals surface area contributed by atoms with Crippen molar-refractivity contribution >= 4 is 17.4 Å². The molecule has 1 amide bonds. The van der Waals surface area contributed by atoms with Crippen LogP contribution in [0.2, 0.25) is 0 Å². The van der Waals surface area contributed by atoms with Crippen LogP contribution in [0.5, 0.6) is 0 Å². The zero-order valence-corrected chi connectivity index (χ0v) is 17.8. The fourth-order valence-corrected chi connectivity index (χ4v) is 3.90. The molecule has 2 N–H and O–H groups in total. The molecule has 7 nitrogen and oxygen atoms in total. The Balaban J connectivity index is 1.46. The number of anilines is 1. The minimum atomic E-state index is -0.0273. The summed E-state index contributed by atoms with van der Waals surface area (Å²) in [5.41, 5.74) is 3.35. The van der Waals surface area contributed by atoms with Gasteiger partial charge in [-0.25, -0.2) is 9.50 Å². The Hall–Kier alpha value is -2.93. The Labute approximate surface area is 177 Å². The second kappa shape index (κ2) is 9.26. The summed E-state index contributed by atoms with van der Waals surface area (Å²) in [6.45, 7) is 4.88. The van der Waals surface area contributed by atoms with E-state index in [-0.39, 0.29) is 5.91 Å². The molecule has 1 aromatic carbocycles. The van der Waals surface area contributed by atoms with Gasteiger partial charge in [0.1, 0.15) is 5.82 Å². The van der Waals surface area contributed by atoms with E-state index in [1.165, 1.54) is 6.42 Å². The van der Waals surface area contributed by atoms with Crippen molar-refractivity contribution in [2.75, 3.05) is 32.0 Å². The van der Waals surface area contributed by atoms with Crippen LogP contribution in [0, 0.1) is 0 Å². The van der Waals surface area contributed by atoms with Crippen LogP contribution in [0.25, 0.3) is 16.9 Å². The molecule has 2 aromatic heterocycles. The number of benzene rings is 1. The van der Waals surface area contributed by atoms with Crippen molar-refractivity contribution < 1.29 is 4.79 Å². The number of unbranched alkanes of at least 4 members (excludes halogenated alkanes) is 1. The van der Waals surface area contributed by atoms with E-state index < -0.39 is 0 Å². The van der Waals surface area contributed by atoms with E-state index in [1.807, 2.05) is 47.1 Å². The Morgan fingerprint density at radius 3 is 2.77 bits per heavy atom. The summed E-state index contributed by atoms with van der Waals surface area (Å²) in [6.07, 6.45) is 6.42. The largest absolute Gasteiger partial charge is 0.369 e. The van der Waals surface area contributed by atoms with Crippen molar-refractivity contribution in [3.63, 3.8) is 0 Å². The molecule has 0 saturated carbocycles. The van der Waals surface area contributed by atoms with Gasteiger partial charge in [0.25, 0.3) is 5.91 Å². The standard InChI is InChI=1S/C23H30N6O/c1-3-4-13-24-21-11-12-22-25-16-20(29(22)27-21)17-7-9-18(10-8-17)23(30)26-15-19-6-5-14-28(19)2/h7-12,16,19H,3-6,13-15H2,1-2H3,(H,24,27)(H,26,30). The van der Waals surface area contributed by atoms with E-state index >= 15 is 0 Å². The van der Waals surface area contributed by atoms with Gasteiger partial charge < -0.3 is 15.5 Å². The van der Waals surface area contributed by atoms with E-state index in [0.717, 1.165) is 55.1 Å². The molecule has 1 saturated heterocycles. The maximum absolute atomic E-state index is 12.5. The maximum Gasteiger partial charge on any atom is 0.251 e. The first kappa shape index (κ1) is 20.3. The topological polar surface area (TPSA) is 74.6 Å². The van der Waals surface area contributed by atoms with Gasteiger partial charge in [0, 0.05) is 30.3 Å². The number of carbonyl (C=O) groups excluding carboxylic acids is 1. The maximum atomic E-state index is 12.5. The summed E-state index contributed by atoms with van der Waals surface area (Å²) in [4.78, 5) is 19.3. The molecule has 158 valence electrons. The number of nitrogens with zero attached hydrogens (tertiary/aromatic N) is 4. The zero-order chi connectivity index (χ0) is 20.9. The zero-order valence-electron chi connectivity index (χ0n) is 17.8. The average molecular weight is 407 g/mol. The molecule has 1 unspecified atom stereocenters. The number of hydrogen-bond donors (Lipinski definition) is 2. The number of likely N-dealkylation sites (N-methyl/N-ethyl adjacent to an activating group) is 1. The Morgan fingerprint density at radius 2 is 2.03 bits per heavy atom. The van der Waals surface area contributed by atoms with E-state index in [0.29, 0.717) is 18.2 Å². The van der Waals surface area contributed by atoms with Crippen LogP contribution in [-0.4, -0.2) is 58.1 Å². The van der Waals surface area contributed by atoms with Crippen LogP contribution < -0.4 is 10.6 Å². The normalized spacial score (nSPS) is 16.8. The van der Waals surface area contributed by atoms with Crippen LogP contribution >= 0.6 is 0 Å². The lowest BCUT2D eigenvalue weighted by Crippen LogP contribution is -2.38. The molecule has 0 aliphatic carbocycles. The molecule has 1 aliphatic rings. The fraction of sp³-hybridized carbons (Fsp3) is 0.435. The number of fused-ring (bicyclic) bond motifs is 1. The number of aromatic nitrogens is 3. The van der Waals surface area contributed by atoms with Crippen LogP contribution in [0.1, 0.15) is 43.0 Å². The molecule has 7 heteroatoms. The second-order valence-corrected chi connectivity index (χ2v) is 7.98. The lowest BCUT2D eigenvalue weighted by molar-refractivity contribution is 0.0943. The van der Waals surface area contributed by atoms with Gasteiger partial charge in [0.05, 0.1) is 11.9 Å². The second-order valence-electron chi connectivity index (χ2n) is 7.98. The SMILES string of the molecule is CCCCNc1ccc2ncc(-c3ccc(C(=O)NCC4CCCN4C)cc3)n2n1. The van der Waals surface area contributed by atoms with E-state index in [2.05, 4.69) is 39.6 Å².